The lowest BCUT2D eigenvalue weighted by atomic mass is 9.90. The molecular weight excluding hydrogens is 546 g/mol. The van der Waals surface area contributed by atoms with Crippen LogP contribution in [0.4, 0.5) is 10.2 Å². The number of pyridine rings is 1. The molecule has 1 saturated heterocycles. The van der Waals surface area contributed by atoms with Crippen LogP contribution in [0.15, 0.2) is 29.1 Å². The van der Waals surface area contributed by atoms with Crippen LogP contribution in [-0.2, 0) is 6.42 Å². The van der Waals surface area contributed by atoms with Crippen molar-refractivity contribution < 1.29 is 18.3 Å². The number of aromatic amines is 1. The van der Waals surface area contributed by atoms with Gasteiger partial charge in [-0.15, -0.1) is 0 Å². The first-order valence-electron chi connectivity index (χ1n) is 12.8. The van der Waals surface area contributed by atoms with Gasteiger partial charge >= 0.3 is 0 Å². The van der Waals surface area contributed by atoms with Crippen molar-refractivity contribution in [2.45, 2.75) is 25.2 Å². The normalized spacial score (nSPS) is 14.4. The second-order valence-electron chi connectivity index (χ2n) is 9.80. The van der Waals surface area contributed by atoms with E-state index in [0.717, 1.165) is 48.1 Å². The smallest absolute Gasteiger partial charge is 0.205 e. The van der Waals surface area contributed by atoms with Gasteiger partial charge in [-0.1, -0.05) is 23.2 Å². The number of H-pyrrole nitrogens is 1. The number of benzene rings is 1. The van der Waals surface area contributed by atoms with Crippen molar-refractivity contribution >= 4 is 40.0 Å². The van der Waals surface area contributed by atoms with Crippen molar-refractivity contribution in [2.75, 3.05) is 52.7 Å². The van der Waals surface area contributed by atoms with Crippen molar-refractivity contribution in [3.8, 4) is 22.6 Å². The van der Waals surface area contributed by atoms with E-state index >= 15 is 0 Å². The zero-order valence-corrected chi connectivity index (χ0v) is 23.3. The van der Waals surface area contributed by atoms with E-state index in [4.69, 9.17) is 42.8 Å². The number of ether oxygens (including phenoxy) is 2. The highest BCUT2D eigenvalue weighted by Gasteiger charge is 2.25. The van der Waals surface area contributed by atoms with Crippen LogP contribution in [0.25, 0.3) is 22.1 Å². The highest BCUT2D eigenvalue weighted by atomic mass is 35.5. The van der Waals surface area contributed by atoms with E-state index in [2.05, 4.69) is 20.5 Å². The Hall–Kier alpha value is -3.05. The molecular formula is C27H31Cl2FN6O3. The van der Waals surface area contributed by atoms with Gasteiger partial charge in [0.15, 0.2) is 11.4 Å². The molecule has 0 aliphatic carbocycles. The number of halogens is 3. The van der Waals surface area contributed by atoms with Gasteiger partial charge in [-0.2, -0.15) is 5.10 Å². The standard InChI is InChI=1S/C27H31Cl2FN6O3/c1-36(2)8-10-37-21-11-20(30)22(28)16(23(21)29)5-9-38-26-25-18(12-33-27(26)31)19(14-39-25)17-13-34-35-24(17)15-3-6-32-7-4-15/h11-15,32H,3-10H2,1-2H3,(H2,31,33)(H,34,35). The third-order valence-electron chi connectivity index (χ3n) is 6.92. The highest BCUT2D eigenvalue weighted by Crippen LogP contribution is 2.41. The van der Waals surface area contributed by atoms with Crippen molar-refractivity contribution in [3.63, 3.8) is 0 Å². The molecule has 0 radical (unpaired) electrons. The van der Waals surface area contributed by atoms with Crippen LogP contribution in [0.5, 0.6) is 11.5 Å². The summed E-state index contributed by atoms with van der Waals surface area (Å²) < 4.78 is 32.2. The SMILES string of the molecule is CN(C)CCOc1cc(F)c(Cl)c(CCOc2c(N)ncc3c(-c4cn[nH]c4C4CCNCC4)coc23)c1Cl. The molecule has 1 fully saturated rings. The molecule has 0 saturated carbocycles. The summed E-state index contributed by atoms with van der Waals surface area (Å²) in [4.78, 5) is 6.30. The van der Waals surface area contributed by atoms with E-state index in [1.807, 2.05) is 25.2 Å². The number of nitrogens with zero attached hydrogens (tertiary/aromatic N) is 3. The summed E-state index contributed by atoms with van der Waals surface area (Å²) in [6.07, 6.45) is 7.42. The number of anilines is 1. The topological polar surface area (TPSA) is 114 Å². The predicted molar refractivity (Wildman–Crippen MR) is 151 cm³/mol. The summed E-state index contributed by atoms with van der Waals surface area (Å²) in [6, 6.07) is 1.20. The maximum absolute atomic E-state index is 14.6. The molecule has 3 aromatic heterocycles. The first kappa shape index (κ1) is 27.5. The summed E-state index contributed by atoms with van der Waals surface area (Å²) in [5.41, 5.74) is 9.95. The van der Waals surface area contributed by atoms with Crippen LogP contribution in [0, 0.1) is 5.82 Å². The van der Waals surface area contributed by atoms with E-state index in [0.29, 0.717) is 36.0 Å². The Morgan fingerprint density at radius 2 is 1.92 bits per heavy atom. The Bertz CT molecular complexity index is 1450. The summed E-state index contributed by atoms with van der Waals surface area (Å²) in [7, 11) is 3.84. The first-order valence-corrected chi connectivity index (χ1v) is 13.6. The van der Waals surface area contributed by atoms with Crippen LogP contribution < -0.4 is 20.5 Å². The molecule has 12 heteroatoms. The summed E-state index contributed by atoms with van der Waals surface area (Å²) in [5.74, 6) is 0.484. The predicted octanol–water partition coefficient (Wildman–Crippen LogP) is 5.27. The molecule has 4 aromatic rings. The summed E-state index contributed by atoms with van der Waals surface area (Å²) in [5, 5.41) is 11.8. The molecule has 1 aromatic carbocycles. The molecule has 4 heterocycles. The van der Waals surface area contributed by atoms with Crippen molar-refractivity contribution in [2.24, 2.45) is 0 Å². The number of hydrogen-bond donors (Lipinski definition) is 3. The average Bonchev–Trinajstić information content (AvgIpc) is 3.57. The van der Waals surface area contributed by atoms with E-state index in [9.17, 15) is 4.39 Å². The second-order valence-corrected chi connectivity index (χ2v) is 10.6. The fourth-order valence-corrected chi connectivity index (χ4v) is 5.40. The summed E-state index contributed by atoms with van der Waals surface area (Å²) in [6.45, 7) is 3.04. The van der Waals surface area contributed by atoms with Gasteiger partial charge in [0.25, 0.3) is 0 Å². The van der Waals surface area contributed by atoms with Gasteiger partial charge in [0.05, 0.1) is 28.2 Å². The lowest BCUT2D eigenvalue weighted by molar-refractivity contribution is 0.260. The minimum atomic E-state index is -0.612. The van der Waals surface area contributed by atoms with E-state index in [1.54, 1.807) is 12.5 Å². The molecule has 0 unspecified atom stereocenters. The number of nitrogens with one attached hydrogen (secondary N) is 2. The van der Waals surface area contributed by atoms with Crippen LogP contribution in [0.3, 0.4) is 0 Å². The largest absolute Gasteiger partial charge is 0.491 e. The van der Waals surface area contributed by atoms with Gasteiger partial charge in [-0.25, -0.2) is 9.37 Å². The number of rotatable bonds is 10. The number of hydrogen-bond acceptors (Lipinski definition) is 8. The maximum Gasteiger partial charge on any atom is 0.205 e. The molecule has 0 bridgehead atoms. The zero-order valence-electron chi connectivity index (χ0n) is 21.8. The number of nitrogen functional groups attached to an aromatic ring is 1. The fraction of sp³-hybridized carbons (Fsp3) is 0.407. The molecule has 0 atom stereocenters. The van der Waals surface area contributed by atoms with Gasteiger partial charge in [0.1, 0.15) is 24.4 Å². The van der Waals surface area contributed by atoms with Gasteiger partial charge in [-0.3, -0.25) is 5.10 Å². The second kappa shape index (κ2) is 12.0. The number of piperidine rings is 1. The number of aromatic nitrogens is 3. The molecule has 208 valence electrons. The Balaban J connectivity index is 1.36. The average molecular weight is 577 g/mol. The monoisotopic (exact) mass is 576 g/mol. The molecule has 1 aliphatic rings. The van der Waals surface area contributed by atoms with E-state index < -0.39 is 5.82 Å². The maximum atomic E-state index is 14.6. The van der Waals surface area contributed by atoms with Crippen LogP contribution in [-0.4, -0.2) is 67.0 Å². The number of furan rings is 1. The molecule has 4 N–H and O–H groups in total. The molecule has 0 amide bonds. The van der Waals surface area contributed by atoms with Crippen molar-refractivity contribution in [1.82, 2.24) is 25.4 Å². The van der Waals surface area contributed by atoms with Crippen LogP contribution >= 0.6 is 23.2 Å². The molecule has 9 nitrogen and oxygen atoms in total. The Morgan fingerprint density at radius 1 is 1.13 bits per heavy atom. The highest BCUT2D eigenvalue weighted by molar-refractivity contribution is 6.37. The molecule has 0 spiro atoms. The lowest BCUT2D eigenvalue weighted by Gasteiger charge is -2.22. The molecule has 1 aliphatic heterocycles. The van der Waals surface area contributed by atoms with Crippen molar-refractivity contribution in [1.29, 1.82) is 0 Å². The van der Waals surface area contributed by atoms with Gasteiger partial charge in [0, 0.05) is 48.0 Å². The Labute approximate surface area is 235 Å². The van der Waals surface area contributed by atoms with Gasteiger partial charge < -0.3 is 29.8 Å². The first-order chi connectivity index (χ1) is 18.8. The van der Waals surface area contributed by atoms with Crippen LogP contribution in [0.2, 0.25) is 10.0 Å². The zero-order chi connectivity index (χ0) is 27.5. The number of fused-ring (bicyclic) bond motifs is 1. The van der Waals surface area contributed by atoms with E-state index in [-0.39, 0.29) is 34.6 Å². The lowest BCUT2D eigenvalue weighted by Crippen LogP contribution is -2.27. The third kappa shape index (κ3) is 5.79. The van der Waals surface area contributed by atoms with Gasteiger partial charge in [0.2, 0.25) is 5.75 Å². The Kier molecular flexibility index (Phi) is 8.46. The minimum Gasteiger partial charge on any atom is -0.491 e. The fourth-order valence-electron chi connectivity index (χ4n) is 4.81. The summed E-state index contributed by atoms with van der Waals surface area (Å²) >= 11 is 12.8. The van der Waals surface area contributed by atoms with Crippen molar-refractivity contribution in [3.05, 3.63) is 51.8 Å². The quantitative estimate of drug-likeness (QED) is 0.218. The Morgan fingerprint density at radius 3 is 2.69 bits per heavy atom. The third-order valence-corrected chi connectivity index (χ3v) is 7.74. The van der Waals surface area contributed by atoms with E-state index in [1.165, 1.54) is 6.07 Å². The van der Waals surface area contributed by atoms with Gasteiger partial charge in [-0.05, 0) is 45.6 Å². The minimum absolute atomic E-state index is 0.0708. The molecule has 39 heavy (non-hydrogen) atoms. The molecule has 5 rings (SSSR count). The van der Waals surface area contributed by atoms with Crippen LogP contribution in [0.1, 0.15) is 30.0 Å². The number of nitrogens with two attached hydrogens (primary N) is 1. The number of likely N-dealkylation sites (N-methyl/N-ethyl adjacent to an activating group) is 1.